The van der Waals surface area contributed by atoms with Gasteiger partial charge in [-0.2, -0.15) is 0 Å². The van der Waals surface area contributed by atoms with Crippen LogP contribution >= 0.6 is 0 Å². The number of aliphatic carboxylic acids is 1. The first kappa shape index (κ1) is 13.0. The van der Waals surface area contributed by atoms with E-state index in [1.165, 1.54) is 0 Å². The third kappa shape index (κ3) is 3.48. The largest absolute Gasteiger partial charge is 0.481 e. The van der Waals surface area contributed by atoms with Crippen LogP contribution in [0.3, 0.4) is 0 Å². The number of carbonyl (C=O) groups excluding carboxylic acids is 1. The minimum atomic E-state index is -0.713. The summed E-state index contributed by atoms with van der Waals surface area (Å²) in [6.45, 7) is 4.34. The first-order valence-electron chi connectivity index (χ1n) is 5.70. The molecule has 16 heavy (non-hydrogen) atoms. The van der Waals surface area contributed by atoms with E-state index in [4.69, 9.17) is 5.11 Å². The smallest absolute Gasteiger partial charge is 0.306 e. The number of hydrogen-bond donors (Lipinski definition) is 2. The number of rotatable bonds is 6. The number of nitrogens with zero attached hydrogens (tertiary/aromatic N) is 1. The molecule has 1 fully saturated rings. The summed E-state index contributed by atoms with van der Waals surface area (Å²) in [5.74, 6) is -0.626. The molecule has 1 atom stereocenters. The maximum absolute atomic E-state index is 11.0. The zero-order valence-corrected chi connectivity index (χ0v) is 9.90. The normalized spacial score (nSPS) is 18.9. The fourth-order valence-corrected chi connectivity index (χ4v) is 1.90. The third-order valence-electron chi connectivity index (χ3n) is 3.24. The lowest BCUT2D eigenvalue weighted by Crippen LogP contribution is -2.51. The summed E-state index contributed by atoms with van der Waals surface area (Å²) in [5.41, 5.74) is 0. The third-order valence-corrected chi connectivity index (χ3v) is 3.24. The fraction of sp³-hybridized carbons (Fsp3) is 0.818. The van der Waals surface area contributed by atoms with Gasteiger partial charge in [0, 0.05) is 26.6 Å². The van der Waals surface area contributed by atoms with Crippen molar-refractivity contribution >= 4 is 11.9 Å². The molecule has 0 bridgehead atoms. The molecule has 1 amide bonds. The topological polar surface area (TPSA) is 69.6 Å². The fourth-order valence-electron chi connectivity index (χ4n) is 1.90. The van der Waals surface area contributed by atoms with Gasteiger partial charge in [-0.15, -0.1) is 0 Å². The van der Waals surface area contributed by atoms with Crippen molar-refractivity contribution in [2.24, 2.45) is 11.8 Å². The van der Waals surface area contributed by atoms with E-state index >= 15 is 0 Å². The van der Waals surface area contributed by atoms with Crippen molar-refractivity contribution in [3.8, 4) is 0 Å². The number of nitrogens with one attached hydrogen (secondary N) is 1. The van der Waals surface area contributed by atoms with Crippen molar-refractivity contribution < 1.29 is 14.7 Å². The second-order valence-electron chi connectivity index (χ2n) is 4.42. The number of carbonyl (C=O) groups is 2. The van der Waals surface area contributed by atoms with Gasteiger partial charge in [0.1, 0.15) is 0 Å². The van der Waals surface area contributed by atoms with Gasteiger partial charge in [0.2, 0.25) is 5.91 Å². The summed E-state index contributed by atoms with van der Waals surface area (Å²) in [6.07, 6.45) is 1.39. The van der Waals surface area contributed by atoms with Gasteiger partial charge in [0.25, 0.3) is 0 Å². The Morgan fingerprint density at radius 3 is 2.62 bits per heavy atom. The molecule has 1 rings (SSSR count). The summed E-state index contributed by atoms with van der Waals surface area (Å²) in [7, 11) is 1.64. The van der Waals surface area contributed by atoms with Crippen LogP contribution in [0.1, 0.15) is 19.8 Å². The van der Waals surface area contributed by atoms with Crippen molar-refractivity contribution in [1.82, 2.24) is 10.2 Å². The molecule has 0 aliphatic carbocycles. The summed E-state index contributed by atoms with van der Waals surface area (Å²) in [5, 5.41) is 11.4. The molecule has 0 aromatic rings. The van der Waals surface area contributed by atoms with Gasteiger partial charge in [-0.1, -0.05) is 6.92 Å². The van der Waals surface area contributed by atoms with Gasteiger partial charge in [0.05, 0.1) is 5.92 Å². The highest BCUT2D eigenvalue weighted by Crippen LogP contribution is 2.24. The van der Waals surface area contributed by atoms with Crippen molar-refractivity contribution in [1.29, 1.82) is 0 Å². The summed E-state index contributed by atoms with van der Waals surface area (Å²) in [6, 6.07) is 0. The second kappa shape index (κ2) is 5.84. The van der Waals surface area contributed by atoms with E-state index in [9.17, 15) is 9.59 Å². The molecule has 5 nitrogen and oxygen atoms in total. The van der Waals surface area contributed by atoms with Gasteiger partial charge in [-0.05, 0) is 18.9 Å². The van der Waals surface area contributed by atoms with Crippen LogP contribution in [0.2, 0.25) is 0 Å². The Morgan fingerprint density at radius 2 is 2.12 bits per heavy atom. The number of likely N-dealkylation sites (tertiary alicyclic amines) is 1. The van der Waals surface area contributed by atoms with Gasteiger partial charge < -0.3 is 15.3 Å². The minimum Gasteiger partial charge on any atom is -0.481 e. The van der Waals surface area contributed by atoms with Crippen LogP contribution in [0.4, 0.5) is 0 Å². The maximum Gasteiger partial charge on any atom is 0.306 e. The molecule has 2 N–H and O–H groups in total. The second-order valence-corrected chi connectivity index (χ2v) is 4.42. The van der Waals surface area contributed by atoms with Crippen molar-refractivity contribution in [3.63, 3.8) is 0 Å². The number of amides is 1. The highest BCUT2D eigenvalue weighted by Gasteiger charge is 2.33. The highest BCUT2D eigenvalue weighted by molar-refractivity contribution is 5.75. The van der Waals surface area contributed by atoms with Crippen molar-refractivity contribution in [2.75, 3.05) is 26.7 Å². The lowest BCUT2D eigenvalue weighted by Gasteiger charge is -2.41. The Hall–Kier alpha value is -1.10. The molecular formula is C11H20N2O3. The van der Waals surface area contributed by atoms with E-state index in [1.807, 2.05) is 0 Å². The first-order chi connectivity index (χ1) is 7.54. The molecular weight excluding hydrogens is 208 g/mol. The molecule has 0 aromatic heterocycles. The molecule has 0 radical (unpaired) electrons. The van der Waals surface area contributed by atoms with E-state index in [2.05, 4.69) is 10.2 Å². The number of carboxylic acids is 1. The van der Waals surface area contributed by atoms with Crippen LogP contribution in [-0.2, 0) is 9.59 Å². The molecule has 1 heterocycles. The zero-order chi connectivity index (χ0) is 12.1. The lowest BCUT2D eigenvalue weighted by atomic mass is 9.87. The van der Waals surface area contributed by atoms with Gasteiger partial charge in [-0.25, -0.2) is 0 Å². The summed E-state index contributed by atoms with van der Waals surface area (Å²) in [4.78, 5) is 23.9. The number of hydrogen-bond acceptors (Lipinski definition) is 3. The Balaban J connectivity index is 2.08. The maximum atomic E-state index is 11.0. The Bertz CT molecular complexity index is 262. The molecule has 0 saturated carbocycles. The highest BCUT2D eigenvalue weighted by atomic mass is 16.4. The average Bonchev–Trinajstić information content (AvgIpc) is 2.19. The summed E-state index contributed by atoms with van der Waals surface area (Å²) < 4.78 is 0. The van der Waals surface area contributed by atoms with Gasteiger partial charge in [-0.3, -0.25) is 9.59 Å². The molecule has 1 unspecified atom stereocenters. The molecule has 0 aromatic carbocycles. The SMILES string of the molecule is CNC(=O)CCCN1CC(C(C)C(=O)O)C1. The number of carboxylic acid groups (broad SMARTS) is 1. The van der Waals surface area contributed by atoms with E-state index in [1.54, 1.807) is 14.0 Å². The van der Waals surface area contributed by atoms with Gasteiger partial charge >= 0.3 is 5.97 Å². The van der Waals surface area contributed by atoms with Crippen molar-refractivity contribution in [2.45, 2.75) is 19.8 Å². The van der Waals surface area contributed by atoms with Crippen LogP contribution < -0.4 is 5.32 Å². The molecule has 0 spiro atoms. The van der Waals surface area contributed by atoms with Gasteiger partial charge in [0.15, 0.2) is 0 Å². The average molecular weight is 228 g/mol. The zero-order valence-electron chi connectivity index (χ0n) is 9.90. The quantitative estimate of drug-likeness (QED) is 0.679. The standard InChI is InChI=1S/C11H20N2O3/c1-8(11(15)16)9-6-13(7-9)5-3-4-10(14)12-2/h8-9H,3-7H2,1-2H3,(H,12,14)(H,15,16). The predicted octanol–water partition coefficient (Wildman–Crippen LogP) is 0.165. The van der Waals surface area contributed by atoms with E-state index < -0.39 is 5.97 Å². The monoisotopic (exact) mass is 228 g/mol. The van der Waals surface area contributed by atoms with Crippen LogP contribution in [0.5, 0.6) is 0 Å². The molecule has 5 heteroatoms. The Kier molecular flexibility index (Phi) is 4.73. The van der Waals surface area contributed by atoms with Crippen molar-refractivity contribution in [3.05, 3.63) is 0 Å². The van der Waals surface area contributed by atoms with Crippen LogP contribution in [0.25, 0.3) is 0 Å². The molecule has 92 valence electrons. The van der Waals surface area contributed by atoms with Crippen LogP contribution in [-0.4, -0.2) is 48.6 Å². The molecule has 1 saturated heterocycles. The molecule has 1 aliphatic rings. The van der Waals surface area contributed by atoms with E-state index in [0.29, 0.717) is 6.42 Å². The Labute approximate surface area is 95.8 Å². The van der Waals surface area contributed by atoms with E-state index in [-0.39, 0.29) is 17.7 Å². The van der Waals surface area contributed by atoms with Crippen LogP contribution in [0.15, 0.2) is 0 Å². The first-order valence-corrected chi connectivity index (χ1v) is 5.70. The van der Waals surface area contributed by atoms with E-state index in [0.717, 1.165) is 26.1 Å². The molecule has 1 aliphatic heterocycles. The minimum absolute atomic E-state index is 0.0657. The lowest BCUT2D eigenvalue weighted by molar-refractivity contribution is -0.145. The predicted molar refractivity (Wildman–Crippen MR) is 60.0 cm³/mol. The van der Waals surface area contributed by atoms with Crippen LogP contribution in [0, 0.1) is 11.8 Å². The summed E-state index contributed by atoms with van der Waals surface area (Å²) >= 11 is 0. The Morgan fingerprint density at radius 1 is 1.50 bits per heavy atom.